The van der Waals surface area contributed by atoms with E-state index in [1.807, 2.05) is 0 Å². The van der Waals surface area contributed by atoms with E-state index in [0.717, 1.165) is 0 Å². The number of carbonyl (C=O) groups is 2. The number of rotatable bonds is 6. The molecule has 0 N–H and O–H groups in total. The van der Waals surface area contributed by atoms with Crippen LogP contribution in [-0.4, -0.2) is 11.9 Å². The summed E-state index contributed by atoms with van der Waals surface area (Å²) in [5.41, 5.74) is 0. The minimum Gasteiger partial charge on any atom is -0.459 e. The summed E-state index contributed by atoms with van der Waals surface area (Å²) in [6.45, 7) is 7.25. The summed E-state index contributed by atoms with van der Waals surface area (Å²) in [7, 11) is 0. The van der Waals surface area contributed by atoms with Gasteiger partial charge in [0, 0.05) is 0 Å². The third-order valence-corrected chi connectivity index (χ3v) is 2.37. The summed E-state index contributed by atoms with van der Waals surface area (Å²) in [5.74, 6) is 0.186. The topological polar surface area (TPSA) is 65.7 Å². The summed E-state index contributed by atoms with van der Waals surface area (Å²) in [6, 6.07) is 3.40. The van der Waals surface area contributed by atoms with Crippen molar-refractivity contribution in [3.8, 4) is 0 Å². The van der Waals surface area contributed by atoms with Crippen LogP contribution in [0.4, 0.5) is 0 Å². The molecule has 0 atom stereocenters. The van der Waals surface area contributed by atoms with E-state index in [2.05, 4.69) is 0 Å². The molecule has 0 radical (unpaired) electrons. The van der Waals surface area contributed by atoms with Gasteiger partial charge in [0.25, 0.3) is 0 Å². The van der Waals surface area contributed by atoms with Crippen LogP contribution in [0.5, 0.6) is 0 Å². The van der Waals surface area contributed by atoms with Crippen molar-refractivity contribution < 1.29 is 23.5 Å². The monoisotopic (exact) mass is 268 g/mol. The SMILES string of the molecule is CC(C)C(=O)OCc1ccc(COC(=O)C(C)C)o1. The highest BCUT2D eigenvalue weighted by molar-refractivity contribution is 5.71. The molecule has 5 nitrogen and oxygen atoms in total. The Morgan fingerprint density at radius 2 is 1.32 bits per heavy atom. The molecule has 1 rings (SSSR count). The van der Waals surface area contributed by atoms with Crippen LogP contribution >= 0.6 is 0 Å². The van der Waals surface area contributed by atoms with Crippen LogP contribution in [0.25, 0.3) is 0 Å². The molecular weight excluding hydrogens is 248 g/mol. The lowest BCUT2D eigenvalue weighted by Gasteiger charge is -2.06. The first-order valence-corrected chi connectivity index (χ1v) is 6.31. The smallest absolute Gasteiger partial charge is 0.308 e. The van der Waals surface area contributed by atoms with Gasteiger partial charge in [0.1, 0.15) is 24.7 Å². The highest BCUT2D eigenvalue weighted by atomic mass is 16.6. The number of furan rings is 1. The molecule has 0 aliphatic rings. The molecule has 106 valence electrons. The third kappa shape index (κ3) is 5.16. The second-order valence-electron chi connectivity index (χ2n) is 4.89. The van der Waals surface area contributed by atoms with Gasteiger partial charge in [-0.3, -0.25) is 9.59 Å². The molecule has 0 aliphatic carbocycles. The van der Waals surface area contributed by atoms with Gasteiger partial charge in [-0.1, -0.05) is 27.7 Å². The molecule has 0 saturated heterocycles. The van der Waals surface area contributed by atoms with Gasteiger partial charge in [-0.05, 0) is 12.1 Å². The second-order valence-corrected chi connectivity index (χ2v) is 4.89. The summed E-state index contributed by atoms with van der Waals surface area (Å²) >= 11 is 0. The highest BCUT2D eigenvalue weighted by Crippen LogP contribution is 2.12. The van der Waals surface area contributed by atoms with Crippen LogP contribution in [0, 0.1) is 11.8 Å². The van der Waals surface area contributed by atoms with Crippen molar-refractivity contribution in [2.24, 2.45) is 11.8 Å². The van der Waals surface area contributed by atoms with E-state index in [1.54, 1.807) is 39.8 Å². The number of carbonyl (C=O) groups excluding carboxylic acids is 2. The maximum absolute atomic E-state index is 11.3. The van der Waals surface area contributed by atoms with Crippen LogP contribution < -0.4 is 0 Å². The molecule has 0 fully saturated rings. The summed E-state index contributed by atoms with van der Waals surface area (Å²) in [5, 5.41) is 0. The van der Waals surface area contributed by atoms with E-state index >= 15 is 0 Å². The molecule has 0 aromatic carbocycles. The van der Waals surface area contributed by atoms with E-state index in [-0.39, 0.29) is 37.0 Å². The average molecular weight is 268 g/mol. The fourth-order valence-electron chi connectivity index (χ4n) is 1.20. The molecule has 5 heteroatoms. The van der Waals surface area contributed by atoms with Crippen LogP contribution in [0.15, 0.2) is 16.5 Å². The maximum atomic E-state index is 11.3. The minimum atomic E-state index is -0.274. The Kier molecular flexibility index (Phi) is 5.60. The van der Waals surface area contributed by atoms with E-state index in [9.17, 15) is 9.59 Å². The van der Waals surface area contributed by atoms with Gasteiger partial charge in [0.15, 0.2) is 0 Å². The highest BCUT2D eigenvalue weighted by Gasteiger charge is 2.12. The van der Waals surface area contributed by atoms with Gasteiger partial charge in [-0.15, -0.1) is 0 Å². The van der Waals surface area contributed by atoms with Crippen molar-refractivity contribution in [1.82, 2.24) is 0 Å². The van der Waals surface area contributed by atoms with Gasteiger partial charge in [-0.25, -0.2) is 0 Å². The lowest BCUT2D eigenvalue weighted by molar-refractivity contribution is -0.149. The fourth-order valence-corrected chi connectivity index (χ4v) is 1.20. The largest absolute Gasteiger partial charge is 0.459 e. The number of ether oxygens (including phenoxy) is 2. The zero-order chi connectivity index (χ0) is 14.4. The first-order chi connectivity index (χ1) is 8.90. The van der Waals surface area contributed by atoms with Crippen molar-refractivity contribution in [1.29, 1.82) is 0 Å². The zero-order valence-corrected chi connectivity index (χ0v) is 11.8. The molecule has 1 aromatic heterocycles. The molecule has 0 spiro atoms. The lowest BCUT2D eigenvalue weighted by atomic mass is 10.2. The van der Waals surface area contributed by atoms with Crippen LogP contribution in [0.1, 0.15) is 39.2 Å². The van der Waals surface area contributed by atoms with Crippen molar-refractivity contribution in [2.75, 3.05) is 0 Å². The molecule has 1 heterocycles. The van der Waals surface area contributed by atoms with Gasteiger partial charge >= 0.3 is 11.9 Å². The maximum Gasteiger partial charge on any atom is 0.308 e. The van der Waals surface area contributed by atoms with Crippen molar-refractivity contribution in [2.45, 2.75) is 40.9 Å². The van der Waals surface area contributed by atoms with Gasteiger partial charge in [0.2, 0.25) is 0 Å². The number of esters is 2. The Morgan fingerprint density at radius 1 is 0.947 bits per heavy atom. The van der Waals surface area contributed by atoms with Crippen molar-refractivity contribution >= 4 is 11.9 Å². The Hall–Kier alpha value is -1.78. The Bertz CT molecular complexity index is 392. The molecule has 0 aliphatic heterocycles. The van der Waals surface area contributed by atoms with E-state index in [0.29, 0.717) is 11.5 Å². The number of hydrogen-bond donors (Lipinski definition) is 0. The Morgan fingerprint density at radius 3 is 1.63 bits per heavy atom. The molecule has 0 amide bonds. The number of hydrogen-bond acceptors (Lipinski definition) is 5. The van der Waals surface area contributed by atoms with Crippen LogP contribution in [-0.2, 0) is 32.3 Å². The molecule has 0 unspecified atom stereocenters. The van der Waals surface area contributed by atoms with E-state index < -0.39 is 0 Å². The standard InChI is InChI=1S/C14H20O5/c1-9(2)13(15)17-7-11-5-6-12(19-11)8-18-14(16)10(3)4/h5-6,9-10H,7-8H2,1-4H3. The third-order valence-electron chi connectivity index (χ3n) is 2.37. The van der Waals surface area contributed by atoms with Gasteiger partial charge < -0.3 is 13.9 Å². The molecule has 19 heavy (non-hydrogen) atoms. The Labute approximate surface area is 112 Å². The average Bonchev–Trinajstić information content (AvgIpc) is 2.80. The summed E-state index contributed by atoms with van der Waals surface area (Å²) < 4.78 is 15.4. The molecule has 0 saturated carbocycles. The predicted molar refractivity (Wildman–Crippen MR) is 68.0 cm³/mol. The van der Waals surface area contributed by atoms with Gasteiger partial charge in [0.05, 0.1) is 11.8 Å². The molecule has 0 bridgehead atoms. The quantitative estimate of drug-likeness (QED) is 0.742. The predicted octanol–water partition coefficient (Wildman–Crippen LogP) is 2.68. The van der Waals surface area contributed by atoms with E-state index in [1.165, 1.54) is 0 Å². The van der Waals surface area contributed by atoms with Crippen molar-refractivity contribution in [3.63, 3.8) is 0 Å². The van der Waals surface area contributed by atoms with Crippen molar-refractivity contribution in [3.05, 3.63) is 23.7 Å². The lowest BCUT2D eigenvalue weighted by Crippen LogP contribution is -2.11. The fraction of sp³-hybridized carbons (Fsp3) is 0.571. The van der Waals surface area contributed by atoms with Gasteiger partial charge in [-0.2, -0.15) is 0 Å². The summed E-state index contributed by atoms with van der Waals surface area (Å²) in [4.78, 5) is 22.6. The van der Waals surface area contributed by atoms with E-state index in [4.69, 9.17) is 13.9 Å². The van der Waals surface area contributed by atoms with Crippen LogP contribution in [0.2, 0.25) is 0 Å². The first-order valence-electron chi connectivity index (χ1n) is 6.31. The first kappa shape index (κ1) is 15.3. The second kappa shape index (κ2) is 6.97. The normalized spacial score (nSPS) is 10.8. The molecular formula is C14H20O5. The summed E-state index contributed by atoms with van der Waals surface area (Å²) in [6.07, 6.45) is 0. The zero-order valence-electron chi connectivity index (χ0n) is 11.8. The van der Waals surface area contributed by atoms with Crippen LogP contribution in [0.3, 0.4) is 0 Å². The molecule has 1 aromatic rings. The minimum absolute atomic E-state index is 0.0924. The Balaban J connectivity index is 2.40.